The van der Waals surface area contributed by atoms with Crippen molar-refractivity contribution in [3.63, 3.8) is 0 Å². The summed E-state index contributed by atoms with van der Waals surface area (Å²) in [5.74, 6) is 2.56. The zero-order valence-electron chi connectivity index (χ0n) is 19.6. The third-order valence-electron chi connectivity index (χ3n) is 6.96. The summed E-state index contributed by atoms with van der Waals surface area (Å²) >= 11 is 0. The maximum absolute atomic E-state index is 12.0. The molecule has 0 bridgehead atoms. The number of carbonyl (C=O) groups excluding carboxylic acids is 2. The average molecular weight is 409 g/mol. The smallest absolute Gasteiger partial charge is 0.139 e. The Morgan fingerprint density at radius 3 is 1.62 bits per heavy atom. The van der Waals surface area contributed by atoms with E-state index in [4.69, 9.17) is 4.74 Å². The molecule has 0 amide bonds. The van der Waals surface area contributed by atoms with Crippen LogP contribution in [0, 0.1) is 23.7 Å². The third-order valence-corrected chi connectivity index (χ3v) is 6.96. The van der Waals surface area contributed by atoms with Crippen molar-refractivity contribution < 1.29 is 14.3 Å². The fourth-order valence-electron chi connectivity index (χ4n) is 4.30. The molecule has 0 saturated heterocycles. The van der Waals surface area contributed by atoms with E-state index in [0.29, 0.717) is 29.5 Å². The molecule has 0 N–H and O–H groups in total. The van der Waals surface area contributed by atoms with Gasteiger partial charge in [0.05, 0.1) is 0 Å². The van der Waals surface area contributed by atoms with Gasteiger partial charge in [0.15, 0.2) is 0 Å². The Kier molecular flexibility index (Phi) is 15.5. The fourth-order valence-corrected chi connectivity index (χ4v) is 4.30. The van der Waals surface area contributed by atoms with E-state index in [9.17, 15) is 9.59 Å². The van der Waals surface area contributed by atoms with Gasteiger partial charge in [-0.15, -0.1) is 0 Å². The van der Waals surface area contributed by atoms with Crippen LogP contribution in [0.1, 0.15) is 117 Å². The van der Waals surface area contributed by atoms with Crippen LogP contribution in [0.15, 0.2) is 0 Å². The second-order valence-corrected chi connectivity index (χ2v) is 9.44. The topological polar surface area (TPSA) is 43.4 Å². The summed E-state index contributed by atoms with van der Waals surface area (Å²) in [6.07, 6.45) is 21.3. The molecule has 0 aromatic rings. The van der Waals surface area contributed by atoms with Gasteiger partial charge in [-0.05, 0) is 57.3 Å². The van der Waals surface area contributed by atoms with Crippen molar-refractivity contribution in [2.45, 2.75) is 117 Å². The number of unbranched alkanes of at least 4 members (excludes halogenated alkanes) is 5. The van der Waals surface area contributed by atoms with Crippen LogP contribution < -0.4 is 0 Å². The zero-order chi connectivity index (χ0) is 21.3. The Morgan fingerprint density at radius 1 is 0.793 bits per heavy atom. The molecule has 0 heterocycles. The summed E-state index contributed by atoms with van der Waals surface area (Å²) in [5, 5.41) is 0. The molecule has 3 fully saturated rings. The second-order valence-electron chi connectivity index (χ2n) is 9.44. The van der Waals surface area contributed by atoms with Crippen LogP contribution in [0.3, 0.4) is 0 Å². The number of Topliss-reactive ketones (excluding diaryl/α,β-unsaturated/α-hetero) is 1. The molecule has 29 heavy (non-hydrogen) atoms. The minimum atomic E-state index is 0.392. The van der Waals surface area contributed by atoms with Crippen molar-refractivity contribution in [3.8, 4) is 0 Å². The molecular formula is C26H48O3. The van der Waals surface area contributed by atoms with E-state index in [1.807, 2.05) is 0 Å². The lowest BCUT2D eigenvalue weighted by Crippen LogP contribution is -2.31. The maximum atomic E-state index is 12.0. The first-order valence-corrected chi connectivity index (χ1v) is 12.6. The normalized spacial score (nSPS) is 24.1. The van der Waals surface area contributed by atoms with E-state index in [0.717, 1.165) is 51.4 Å². The number of ether oxygens (including phenoxy) is 1. The summed E-state index contributed by atoms with van der Waals surface area (Å²) < 4.78 is 5.17. The van der Waals surface area contributed by atoms with E-state index in [2.05, 4.69) is 13.8 Å². The third kappa shape index (κ3) is 11.3. The largest absolute Gasteiger partial charge is 0.384 e. The summed E-state index contributed by atoms with van der Waals surface area (Å²) in [4.78, 5) is 21.8. The van der Waals surface area contributed by atoms with Gasteiger partial charge < -0.3 is 9.53 Å². The molecule has 3 saturated carbocycles. The van der Waals surface area contributed by atoms with Gasteiger partial charge in [0.25, 0.3) is 0 Å². The highest BCUT2D eigenvalue weighted by Gasteiger charge is 2.33. The van der Waals surface area contributed by atoms with Gasteiger partial charge in [0.2, 0.25) is 0 Å². The molecule has 3 nitrogen and oxygen atoms in total. The van der Waals surface area contributed by atoms with Crippen LogP contribution >= 0.6 is 0 Å². The van der Waals surface area contributed by atoms with E-state index in [1.54, 1.807) is 7.11 Å². The van der Waals surface area contributed by atoms with Gasteiger partial charge in [0, 0.05) is 31.5 Å². The van der Waals surface area contributed by atoms with Crippen LogP contribution in [0.25, 0.3) is 0 Å². The predicted molar refractivity (Wildman–Crippen MR) is 122 cm³/mol. The Balaban J connectivity index is 0.000000252. The van der Waals surface area contributed by atoms with Gasteiger partial charge >= 0.3 is 0 Å². The maximum Gasteiger partial charge on any atom is 0.139 e. The Labute approximate surface area is 180 Å². The quantitative estimate of drug-likeness (QED) is 0.284. The minimum Gasteiger partial charge on any atom is -0.384 e. The summed E-state index contributed by atoms with van der Waals surface area (Å²) in [7, 11) is 1.77. The van der Waals surface area contributed by atoms with Gasteiger partial charge in [-0.2, -0.15) is 0 Å². The molecular weight excluding hydrogens is 360 g/mol. The van der Waals surface area contributed by atoms with E-state index < -0.39 is 0 Å². The van der Waals surface area contributed by atoms with Crippen molar-refractivity contribution in [2.24, 2.45) is 23.7 Å². The predicted octanol–water partition coefficient (Wildman–Crippen LogP) is 7.16. The van der Waals surface area contributed by atoms with Crippen LogP contribution in [-0.4, -0.2) is 25.8 Å². The molecule has 3 aliphatic carbocycles. The fraction of sp³-hybridized carbons (Fsp3) is 0.923. The minimum absolute atomic E-state index is 0.392. The van der Waals surface area contributed by atoms with Crippen LogP contribution in [0.4, 0.5) is 0 Å². The second kappa shape index (κ2) is 17.0. The van der Waals surface area contributed by atoms with E-state index >= 15 is 0 Å². The highest BCUT2D eigenvalue weighted by Crippen LogP contribution is 2.36. The molecule has 0 aliphatic heterocycles. The van der Waals surface area contributed by atoms with E-state index in [1.165, 1.54) is 64.2 Å². The molecule has 0 atom stereocenters. The summed E-state index contributed by atoms with van der Waals surface area (Å²) in [6, 6.07) is 0. The zero-order valence-corrected chi connectivity index (χ0v) is 19.6. The van der Waals surface area contributed by atoms with E-state index in [-0.39, 0.29) is 0 Å². The van der Waals surface area contributed by atoms with Gasteiger partial charge in [0.1, 0.15) is 12.1 Å². The molecule has 0 spiro atoms. The van der Waals surface area contributed by atoms with Gasteiger partial charge in [-0.25, -0.2) is 0 Å². The first-order valence-electron chi connectivity index (χ1n) is 12.6. The van der Waals surface area contributed by atoms with Crippen LogP contribution in [0.2, 0.25) is 0 Å². The van der Waals surface area contributed by atoms with Crippen molar-refractivity contribution >= 4 is 12.1 Å². The number of methoxy groups -OCH3 is 1. The number of ketones is 1. The highest BCUT2D eigenvalue weighted by atomic mass is 16.5. The monoisotopic (exact) mass is 408 g/mol. The summed E-state index contributed by atoms with van der Waals surface area (Å²) in [6.45, 7) is 5.39. The molecule has 0 unspecified atom stereocenters. The molecule has 3 aliphatic rings. The average Bonchev–Trinajstić information content (AvgIpc) is 2.65. The van der Waals surface area contributed by atoms with Crippen molar-refractivity contribution in [1.82, 2.24) is 0 Å². The Hall–Kier alpha value is -0.700. The lowest BCUT2D eigenvalue weighted by Gasteiger charge is -2.32. The molecule has 170 valence electrons. The molecule has 0 aromatic heterocycles. The van der Waals surface area contributed by atoms with Crippen LogP contribution in [-0.2, 0) is 14.3 Å². The first kappa shape index (κ1) is 26.3. The first-order chi connectivity index (χ1) is 14.2. The molecule has 3 rings (SSSR count). The number of hydrogen-bond donors (Lipinski definition) is 0. The van der Waals surface area contributed by atoms with Crippen LogP contribution in [0.5, 0.6) is 0 Å². The lowest BCUT2D eigenvalue weighted by atomic mass is 9.72. The number of rotatable bonds is 10. The number of aldehydes is 1. The van der Waals surface area contributed by atoms with Crippen molar-refractivity contribution in [3.05, 3.63) is 0 Å². The van der Waals surface area contributed by atoms with Gasteiger partial charge in [-0.3, -0.25) is 4.79 Å². The number of hydrogen-bond acceptors (Lipinski definition) is 3. The Morgan fingerprint density at radius 2 is 1.31 bits per heavy atom. The molecule has 0 radical (unpaired) electrons. The van der Waals surface area contributed by atoms with Gasteiger partial charge in [-0.1, -0.05) is 65.2 Å². The standard InChI is InChI=1S/C13H22O2.C8H18.C5H8O/c1-15-9-10-5-7-12(8-6-10)13(14)11-3-2-4-11;1-3-5-7-8-6-4-2;6-4-5-2-1-3-5/h10-12H,2-9H2,1H3;3-8H2,1-2H3;4-5H,1-3H2. The molecule has 0 aromatic carbocycles. The lowest BCUT2D eigenvalue weighted by molar-refractivity contribution is -0.130. The summed E-state index contributed by atoms with van der Waals surface area (Å²) in [5.41, 5.74) is 0. The van der Waals surface area contributed by atoms with Crippen molar-refractivity contribution in [1.29, 1.82) is 0 Å². The SMILES string of the molecule is CCCCCCCC.COCC1CCC(C(=O)C2CCC2)CC1.O=CC1CCC1. The number of carbonyl (C=O) groups is 2. The highest BCUT2D eigenvalue weighted by molar-refractivity contribution is 5.84. The Bertz CT molecular complexity index is 398. The molecule has 3 heteroatoms. The van der Waals surface area contributed by atoms with Crippen molar-refractivity contribution in [2.75, 3.05) is 13.7 Å².